The average molecular weight is 689 g/mol. The third-order valence-electron chi connectivity index (χ3n) is 10.7. The van der Waals surface area contributed by atoms with E-state index in [2.05, 4.69) is 191 Å². The van der Waals surface area contributed by atoms with Crippen LogP contribution in [-0.2, 0) is 0 Å². The highest BCUT2D eigenvalue weighted by Crippen LogP contribution is 2.41. The fourth-order valence-corrected chi connectivity index (χ4v) is 8.15. The smallest absolute Gasteiger partial charge is 0.160 e. The molecule has 54 heavy (non-hydrogen) atoms. The summed E-state index contributed by atoms with van der Waals surface area (Å²) < 4.78 is 4.82. The summed E-state index contributed by atoms with van der Waals surface area (Å²) in [4.78, 5) is 10.2. The maximum absolute atomic E-state index is 5.10. The SMILES string of the molecule is c1ccc(-c2cc(-c3ccccc3)nc(-c3ccc(-n4c5cc6ccccc6cc5c5cc6c(cc54)c4ccccc4n6-c4ccccc4)cc3)n2)cc1. The molecule has 0 fully saturated rings. The summed E-state index contributed by atoms with van der Waals surface area (Å²) in [6, 6.07) is 69.1. The Morgan fingerprint density at radius 2 is 0.759 bits per heavy atom. The quantitative estimate of drug-likeness (QED) is 0.180. The van der Waals surface area contributed by atoms with Gasteiger partial charge in [-0.3, -0.25) is 0 Å². The molecule has 11 rings (SSSR count). The van der Waals surface area contributed by atoms with Crippen LogP contribution in [-0.4, -0.2) is 19.1 Å². The molecule has 0 saturated carbocycles. The monoisotopic (exact) mass is 688 g/mol. The van der Waals surface area contributed by atoms with Gasteiger partial charge in [-0.05, 0) is 83.6 Å². The molecule has 0 radical (unpaired) electrons. The minimum absolute atomic E-state index is 0.699. The lowest BCUT2D eigenvalue weighted by Crippen LogP contribution is -1.97. The molecule has 0 unspecified atom stereocenters. The zero-order valence-electron chi connectivity index (χ0n) is 29.3. The van der Waals surface area contributed by atoms with Crippen molar-refractivity contribution in [2.75, 3.05) is 0 Å². The highest BCUT2D eigenvalue weighted by atomic mass is 15.0. The van der Waals surface area contributed by atoms with E-state index < -0.39 is 0 Å². The first kappa shape index (κ1) is 30.3. The van der Waals surface area contributed by atoms with Gasteiger partial charge in [0.15, 0.2) is 5.82 Å². The number of rotatable bonds is 5. The molecule has 0 N–H and O–H groups in total. The number of hydrogen-bond acceptors (Lipinski definition) is 2. The minimum Gasteiger partial charge on any atom is -0.309 e. The van der Waals surface area contributed by atoms with Gasteiger partial charge in [-0.2, -0.15) is 0 Å². The number of para-hydroxylation sites is 2. The van der Waals surface area contributed by atoms with Crippen molar-refractivity contribution in [2.24, 2.45) is 0 Å². The first-order valence-electron chi connectivity index (χ1n) is 18.3. The number of hydrogen-bond donors (Lipinski definition) is 0. The van der Waals surface area contributed by atoms with Crippen LogP contribution in [0.3, 0.4) is 0 Å². The highest BCUT2D eigenvalue weighted by Gasteiger charge is 2.19. The third-order valence-corrected chi connectivity index (χ3v) is 10.7. The van der Waals surface area contributed by atoms with Crippen molar-refractivity contribution < 1.29 is 0 Å². The van der Waals surface area contributed by atoms with Crippen molar-refractivity contribution in [1.29, 1.82) is 0 Å². The Morgan fingerprint density at radius 1 is 0.296 bits per heavy atom. The summed E-state index contributed by atoms with van der Waals surface area (Å²) in [6.07, 6.45) is 0. The van der Waals surface area contributed by atoms with Crippen LogP contribution in [0.15, 0.2) is 194 Å². The molecule has 0 saturated heterocycles. The Bertz CT molecular complexity index is 3120. The second-order valence-electron chi connectivity index (χ2n) is 13.9. The fraction of sp³-hybridized carbons (Fsp3) is 0. The zero-order valence-corrected chi connectivity index (χ0v) is 29.3. The Morgan fingerprint density at radius 3 is 1.41 bits per heavy atom. The van der Waals surface area contributed by atoms with E-state index in [1.807, 2.05) is 12.1 Å². The van der Waals surface area contributed by atoms with Crippen LogP contribution >= 0.6 is 0 Å². The van der Waals surface area contributed by atoms with Gasteiger partial charge in [0.2, 0.25) is 0 Å². The average Bonchev–Trinajstić information content (AvgIpc) is 3.74. The van der Waals surface area contributed by atoms with E-state index in [0.717, 1.165) is 39.5 Å². The lowest BCUT2D eigenvalue weighted by Gasteiger charge is -2.12. The number of aromatic nitrogens is 4. The molecule has 3 aromatic heterocycles. The summed E-state index contributed by atoms with van der Waals surface area (Å²) in [5.74, 6) is 0.699. The molecule has 0 aliphatic carbocycles. The molecular formula is C50H32N4. The number of benzene rings is 8. The predicted octanol–water partition coefficient (Wildman–Crippen LogP) is 12.8. The van der Waals surface area contributed by atoms with Gasteiger partial charge in [0, 0.05) is 49.6 Å². The van der Waals surface area contributed by atoms with E-state index in [1.54, 1.807) is 0 Å². The normalized spacial score (nSPS) is 11.7. The van der Waals surface area contributed by atoms with Crippen LogP contribution in [0.2, 0.25) is 0 Å². The van der Waals surface area contributed by atoms with Crippen LogP contribution < -0.4 is 0 Å². The molecule has 8 aromatic carbocycles. The maximum Gasteiger partial charge on any atom is 0.160 e. The van der Waals surface area contributed by atoms with E-state index >= 15 is 0 Å². The standard InChI is InChI=1S/C50H32N4/c1-4-14-33(15-5-1)44-32-45(34-16-6-2-7-17-34)52-50(51-44)35-24-26-39(27-25-35)54-47-29-37-19-11-10-18-36(37)28-41(47)43-31-48-42(30-49(43)54)40-22-12-13-23-46(40)53(48)38-20-8-3-9-21-38/h1-32H. The van der Waals surface area contributed by atoms with Crippen LogP contribution in [0.5, 0.6) is 0 Å². The lowest BCUT2D eigenvalue weighted by molar-refractivity contribution is 1.16. The molecule has 252 valence electrons. The van der Waals surface area contributed by atoms with Gasteiger partial charge in [-0.25, -0.2) is 9.97 Å². The Kier molecular flexibility index (Phi) is 6.82. The van der Waals surface area contributed by atoms with Crippen molar-refractivity contribution in [1.82, 2.24) is 19.1 Å². The van der Waals surface area contributed by atoms with Gasteiger partial charge in [0.25, 0.3) is 0 Å². The second-order valence-corrected chi connectivity index (χ2v) is 13.9. The van der Waals surface area contributed by atoms with Gasteiger partial charge in [-0.1, -0.05) is 121 Å². The largest absolute Gasteiger partial charge is 0.309 e. The first-order valence-corrected chi connectivity index (χ1v) is 18.3. The van der Waals surface area contributed by atoms with Crippen molar-refractivity contribution in [2.45, 2.75) is 0 Å². The molecule has 11 aromatic rings. The molecule has 4 nitrogen and oxygen atoms in total. The third kappa shape index (κ3) is 4.85. The predicted molar refractivity (Wildman–Crippen MR) is 225 cm³/mol. The fourth-order valence-electron chi connectivity index (χ4n) is 8.15. The molecule has 3 heterocycles. The molecule has 0 atom stereocenters. The first-order chi connectivity index (χ1) is 26.8. The van der Waals surface area contributed by atoms with Gasteiger partial charge in [0.05, 0.1) is 33.5 Å². The molecular weight excluding hydrogens is 657 g/mol. The summed E-state index contributed by atoms with van der Waals surface area (Å²) in [7, 11) is 0. The Balaban J connectivity index is 1.14. The van der Waals surface area contributed by atoms with Crippen molar-refractivity contribution in [3.05, 3.63) is 194 Å². The minimum atomic E-state index is 0.699. The second kappa shape index (κ2) is 12.1. The Labute approximate surface area is 311 Å². The van der Waals surface area contributed by atoms with Crippen LogP contribution in [0.25, 0.3) is 99.7 Å². The summed E-state index contributed by atoms with van der Waals surface area (Å²) in [5, 5.41) is 7.36. The summed E-state index contributed by atoms with van der Waals surface area (Å²) in [5.41, 5.74) is 11.9. The molecule has 0 bridgehead atoms. The van der Waals surface area contributed by atoms with Gasteiger partial charge < -0.3 is 9.13 Å². The van der Waals surface area contributed by atoms with E-state index in [0.29, 0.717) is 5.82 Å². The molecule has 4 heteroatoms. The molecule has 0 aliphatic heterocycles. The van der Waals surface area contributed by atoms with Crippen molar-refractivity contribution >= 4 is 54.4 Å². The van der Waals surface area contributed by atoms with E-state index in [9.17, 15) is 0 Å². The van der Waals surface area contributed by atoms with Gasteiger partial charge >= 0.3 is 0 Å². The summed E-state index contributed by atoms with van der Waals surface area (Å²) >= 11 is 0. The maximum atomic E-state index is 5.10. The number of nitrogens with zero attached hydrogens (tertiary/aromatic N) is 4. The van der Waals surface area contributed by atoms with Crippen molar-refractivity contribution in [3.63, 3.8) is 0 Å². The van der Waals surface area contributed by atoms with E-state index in [1.165, 1.54) is 54.4 Å². The molecule has 0 aliphatic rings. The zero-order chi connectivity index (χ0) is 35.6. The number of fused-ring (bicyclic) bond motifs is 7. The topological polar surface area (TPSA) is 35.6 Å². The van der Waals surface area contributed by atoms with Crippen LogP contribution in [0, 0.1) is 0 Å². The summed E-state index contributed by atoms with van der Waals surface area (Å²) in [6.45, 7) is 0. The van der Waals surface area contributed by atoms with E-state index in [4.69, 9.17) is 9.97 Å². The lowest BCUT2D eigenvalue weighted by atomic mass is 10.0. The van der Waals surface area contributed by atoms with Crippen LogP contribution in [0.1, 0.15) is 0 Å². The van der Waals surface area contributed by atoms with Crippen LogP contribution in [0.4, 0.5) is 0 Å². The Hall–Kier alpha value is -7.30. The molecule has 0 spiro atoms. The van der Waals surface area contributed by atoms with Crippen molar-refractivity contribution in [3.8, 4) is 45.3 Å². The highest BCUT2D eigenvalue weighted by molar-refractivity contribution is 6.20. The van der Waals surface area contributed by atoms with Gasteiger partial charge in [-0.15, -0.1) is 0 Å². The molecule has 0 amide bonds. The van der Waals surface area contributed by atoms with E-state index in [-0.39, 0.29) is 0 Å². The van der Waals surface area contributed by atoms with Gasteiger partial charge in [0.1, 0.15) is 0 Å².